The van der Waals surface area contributed by atoms with Gasteiger partial charge in [-0.25, -0.2) is 15.2 Å². The topological polar surface area (TPSA) is 96.0 Å². The van der Waals surface area contributed by atoms with Gasteiger partial charge in [0.25, 0.3) is 0 Å². The predicted molar refractivity (Wildman–Crippen MR) is 65.4 cm³/mol. The van der Waals surface area contributed by atoms with Crippen LogP contribution in [0.3, 0.4) is 0 Å². The van der Waals surface area contributed by atoms with Crippen molar-refractivity contribution in [2.75, 3.05) is 6.67 Å². The Morgan fingerprint density at radius 2 is 2.21 bits per heavy atom. The lowest BCUT2D eigenvalue weighted by Gasteiger charge is -2.24. The largest absolute Gasteiger partial charge is 0.362 e. The number of fused-ring (bicyclic) bond motifs is 1. The van der Waals surface area contributed by atoms with Gasteiger partial charge in [-0.15, -0.1) is 0 Å². The summed E-state index contributed by atoms with van der Waals surface area (Å²) in [6, 6.07) is 8.48. The summed E-state index contributed by atoms with van der Waals surface area (Å²) in [4.78, 5) is 25.8. The number of hydrogen-bond donors (Lipinski definition) is 4. The third kappa shape index (κ3) is 2.56. The summed E-state index contributed by atoms with van der Waals surface area (Å²) in [5.74, 6) is 0.0308. The highest BCUT2D eigenvalue weighted by Crippen LogP contribution is 2.05. The van der Waals surface area contributed by atoms with Crippen molar-refractivity contribution < 1.29 is 14.6 Å². The highest BCUT2D eigenvalue weighted by Gasteiger charge is 2.35. The van der Waals surface area contributed by atoms with Crippen LogP contribution in [0.15, 0.2) is 35.3 Å². The molecule has 0 bridgehead atoms. The lowest BCUT2D eigenvalue weighted by molar-refractivity contribution is 0.00948. The van der Waals surface area contributed by atoms with Gasteiger partial charge in [0.2, 0.25) is 0 Å². The summed E-state index contributed by atoms with van der Waals surface area (Å²) in [6.07, 6.45) is -0.115. The van der Waals surface area contributed by atoms with E-state index in [4.69, 9.17) is 9.78 Å². The fraction of sp³-hybridized carbons (Fsp3) is 0.273. The number of carbonyl (C=O) groups is 1. The van der Waals surface area contributed by atoms with Gasteiger partial charge in [0.05, 0.1) is 12.2 Å². The zero-order valence-electron chi connectivity index (χ0n) is 9.92. The van der Waals surface area contributed by atoms with E-state index in [0.29, 0.717) is 18.1 Å². The molecule has 2 heterocycles. The Bertz CT molecular complexity index is 492. The molecule has 4 N–H and O–H groups in total. The fourth-order valence-corrected chi connectivity index (χ4v) is 1.83. The standard InChI is InChI=1S/C11H13N5O3/c17-11(7-4-2-1-3-5-7)18-15-9-8-10(13-6-12-9)16-19-14-8/h1-5,8,10,13-14,16H,6H2,(H,12,15). The van der Waals surface area contributed by atoms with Crippen molar-refractivity contribution in [2.24, 2.45) is 4.99 Å². The first-order valence-corrected chi connectivity index (χ1v) is 5.81. The Balaban J connectivity index is 1.60. The van der Waals surface area contributed by atoms with Gasteiger partial charge in [-0.2, -0.15) is 11.0 Å². The van der Waals surface area contributed by atoms with E-state index in [0.717, 1.165) is 0 Å². The average Bonchev–Trinajstić information content (AvgIpc) is 2.94. The van der Waals surface area contributed by atoms with Crippen LogP contribution in [-0.2, 0) is 9.78 Å². The molecule has 2 aliphatic heterocycles. The van der Waals surface area contributed by atoms with Crippen LogP contribution in [0.1, 0.15) is 10.4 Å². The maximum atomic E-state index is 11.8. The lowest BCUT2D eigenvalue weighted by atomic mass is 10.2. The number of carbonyl (C=O) groups excluding carboxylic acids is 1. The molecular formula is C11H13N5O3. The van der Waals surface area contributed by atoms with Crippen molar-refractivity contribution in [3.05, 3.63) is 35.9 Å². The van der Waals surface area contributed by atoms with E-state index in [1.165, 1.54) is 0 Å². The van der Waals surface area contributed by atoms with Crippen molar-refractivity contribution >= 4 is 11.8 Å². The van der Waals surface area contributed by atoms with Crippen molar-refractivity contribution in [2.45, 2.75) is 12.2 Å². The monoisotopic (exact) mass is 263 g/mol. The van der Waals surface area contributed by atoms with E-state index < -0.39 is 5.97 Å². The van der Waals surface area contributed by atoms with Gasteiger partial charge >= 0.3 is 5.97 Å². The minimum atomic E-state index is -0.467. The minimum absolute atomic E-state index is 0.115. The second-order valence-electron chi connectivity index (χ2n) is 4.06. The molecule has 1 aromatic rings. The van der Waals surface area contributed by atoms with Crippen LogP contribution in [0.5, 0.6) is 0 Å². The van der Waals surface area contributed by atoms with Crippen LogP contribution in [0.2, 0.25) is 0 Å². The molecule has 0 aromatic heterocycles. The van der Waals surface area contributed by atoms with E-state index in [1.807, 2.05) is 6.07 Å². The summed E-state index contributed by atoms with van der Waals surface area (Å²) in [5.41, 5.74) is 8.47. The van der Waals surface area contributed by atoms with Crippen molar-refractivity contribution in [1.82, 2.24) is 21.8 Å². The Morgan fingerprint density at radius 1 is 1.37 bits per heavy atom. The van der Waals surface area contributed by atoms with E-state index in [2.05, 4.69) is 26.7 Å². The molecule has 1 fully saturated rings. The van der Waals surface area contributed by atoms with Crippen LogP contribution in [0, 0.1) is 0 Å². The zero-order valence-corrected chi connectivity index (χ0v) is 9.92. The van der Waals surface area contributed by atoms with E-state index in [-0.39, 0.29) is 12.2 Å². The second kappa shape index (κ2) is 5.33. The molecule has 0 saturated carbocycles. The Kier molecular flexibility index (Phi) is 3.38. The molecule has 2 atom stereocenters. The summed E-state index contributed by atoms with van der Waals surface area (Å²) < 4.78 is 0. The molecule has 19 heavy (non-hydrogen) atoms. The molecule has 0 spiro atoms. The van der Waals surface area contributed by atoms with Crippen LogP contribution in [0.4, 0.5) is 0 Å². The van der Waals surface area contributed by atoms with Crippen LogP contribution in [-0.4, -0.2) is 30.7 Å². The molecule has 3 rings (SSSR count). The Hall–Kier alpha value is -2.00. The number of nitrogens with one attached hydrogen (secondary N) is 4. The number of benzene rings is 1. The zero-order chi connectivity index (χ0) is 13.1. The van der Waals surface area contributed by atoms with Gasteiger partial charge in [0.15, 0.2) is 5.84 Å². The van der Waals surface area contributed by atoms with E-state index >= 15 is 0 Å². The number of hydroxylamine groups is 3. The van der Waals surface area contributed by atoms with Crippen molar-refractivity contribution in [3.8, 4) is 0 Å². The van der Waals surface area contributed by atoms with Gasteiger partial charge in [-0.05, 0) is 12.1 Å². The third-order valence-electron chi connectivity index (χ3n) is 2.82. The normalized spacial score (nSPS) is 25.4. The number of nitrogens with zero attached hydrogens (tertiary/aromatic N) is 1. The SMILES string of the molecule is O=C(ONC1=NCNC2NONC12)c1ccccc1. The van der Waals surface area contributed by atoms with Crippen molar-refractivity contribution in [1.29, 1.82) is 0 Å². The first kappa shape index (κ1) is 12.1. The molecule has 0 radical (unpaired) electrons. The van der Waals surface area contributed by atoms with Gasteiger partial charge in [-0.3, -0.25) is 10.3 Å². The van der Waals surface area contributed by atoms with Gasteiger partial charge in [-0.1, -0.05) is 18.2 Å². The second-order valence-corrected chi connectivity index (χ2v) is 4.06. The van der Waals surface area contributed by atoms with Crippen LogP contribution < -0.4 is 21.8 Å². The predicted octanol–water partition coefficient (Wildman–Crippen LogP) is -0.959. The molecule has 100 valence electrons. The van der Waals surface area contributed by atoms with Crippen LogP contribution in [0.25, 0.3) is 0 Å². The molecule has 1 saturated heterocycles. The number of rotatable bonds is 1. The highest BCUT2D eigenvalue weighted by atomic mass is 16.8. The van der Waals surface area contributed by atoms with Crippen molar-refractivity contribution in [3.63, 3.8) is 0 Å². The van der Waals surface area contributed by atoms with Gasteiger partial charge < -0.3 is 4.84 Å². The van der Waals surface area contributed by atoms with Gasteiger partial charge in [0, 0.05) is 0 Å². The number of hydrogen-bond acceptors (Lipinski definition) is 8. The third-order valence-corrected chi connectivity index (χ3v) is 2.82. The maximum absolute atomic E-state index is 11.8. The first-order valence-electron chi connectivity index (χ1n) is 5.81. The Labute approximate surface area is 109 Å². The van der Waals surface area contributed by atoms with E-state index in [9.17, 15) is 4.79 Å². The summed E-state index contributed by atoms with van der Waals surface area (Å²) in [6.45, 7) is 0.407. The molecule has 8 nitrogen and oxygen atoms in total. The van der Waals surface area contributed by atoms with E-state index in [1.54, 1.807) is 24.3 Å². The molecule has 1 aromatic carbocycles. The lowest BCUT2D eigenvalue weighted by Crippen LogP contribution is -2.57. The molecule has 2 aliphatic rings. The molecule has 0 aliphatic carbocycles. The fourth-order valence-electron chi connectivity index (χ4n) is 1.83. The smallest absolute Gasteiger partial charge is 0.337 e. The number of amidine groups is 1. The van der Waals surface area contributed by atoms with Crippen LogP contribution >= 0.6 is 0 Å². The number of aliphatic imine (C=N–C) groups is 1. The quantitative estimate of drug-likeness (QED) is 0.485. The summed E-state index contributed by atoms with van der Waals surface area (Å²) >= 11 is 0. The highest BCUT2D eigenvalue weighted by molar-refractivity contribution is 5.92. The summed E-state index contributed by atoms with van der Waals surface area (Å²) in [5, 5.41) is 3.06. The molecule has 8 heteroatoms. The summed E-state index contributed by atoms with van der Waals surface area (Å²) in [7, 11) is 0. The Morgan fingerprint density at radius 3 is 3.05 bits per heavy atom. The first-order chi connectivity index (χ1) is 9.34. The molecular weight excluding hydrogens is 250 g/mol. The molecule has 0 amide bonds. The van der Waals surface area contributed by atoms with Gasteiger partial charge in [0.1, 0.15) is 12.2 Å². The minimum Gasteiger partial charge on any atom is -0.337 e. The maximum Gasteiger partial charge on any atom is 0.362 e. The molecule has 2 unspecified atom stereocenters. The average molecular weight is 263 g/mol.